The van der Waals surface area contributed by atoms with E-state index in [1.807, 2.05) is 32.9 Å². The molecule has 0 radical (unpaired) electrons. The number of anilines is 1. The molecule has 2 aromatic heterocycles. The maximum Gasteiger partial charge on any atom is 0.413 e. The van der Waals surface area contributed by atoms with Gasteiger partial charge in [0.25, 0.3) is 0 Å². The van der Waals surface area contributed by atoms with E-state index in [-0.39, 0.29) is 0 Å². The van der Waals surface area contributed by atoms with Gasteiger partial charge >= 0.3 is 6.09 Å². The molecule has 5 nitrogen and oxygen atoms in total. The van der Waals surface area contributed by atoms with E-state index >= 15 is 0 Å². The molecule has 0 bridgehead atoms. The van der Waals surface area contributed by atoms with Crippen molar-refractivity contribution in [1.29, 1.82) is 0 Å². The van der Waals surface area contributed by atoms with Crippen molar-refractivity contribution in [1.82, 2.24) is 9.97 Å². The molecule has 19 heavy (non-hydrogen) atoms. The number of amides is 1. The van der Waals surface area contributed by atoms with Crippen LogP contribution in [0.4, 0.5) is 9.93 Å². The lowest BCUT2D eigenvalue weighted by Crippen LogP contribution is -2.27. The molecule has 0 aliphatic heterocycles. The Morgan fingerprint density at radius 2 is 2.00 bits per heavy atom. The van der Waals surface area contributed by atoms with Crippen LogP contribution in [-0.2, 0) is 4.74 Å². The van der Waals surface area contributed by atoms with Crippen LogP contribution < -0.4 is 5.32 Å². The number of pyridine rings is 1. The van der Waals surface area contributed by atoms with Crippen LogP contribution in [0, 0.1) is 0 Å². The number of ether oxygens (including phenoxy) is 1. The SMILES string of the molecule is CC(C)(C)OC(=O)Nc1ncc(-c2ccncc2)s1. The second-order valence-corrected chi connectivity index (χ2v) is 5.92. The van der Waals surface area contributed by atoms with E-state index in [2.05, 4.69) is 15.3 Å². The van der Waals surface area contributed by atoms with Gasteiger partial charge in [-0.25, -0.2) is 9.78 Å². The van der Waals surface area contributed by atoms with Crippen molar-refractivity contribution in [2.45, 2.75) is 26.4 Å². The van der Waals surface area contributed by atoms with Gasteiger partial charge in [0.2, 0.25) is 0 Å². The van der Waals surface area contributed by atoms with Crippen molar-refractivity contribution in [3.05, 3.63) is 30.7 Å². The quantitative estimate of drug-likeness (QED) is 0.911. The Labute approximate surface area is 115 Å². The number of aromatic nitrogens is 2. The summed E-state index contributed by atoms with van der Waals surface area (Å²) in [5, 5.41) is 3.13. The Morgan fingerprint density at radius 1 is 1.32 bits per heavy atom. The molecule has 0 atom stereocenters. The van der Waals surface area contributed by atoms with Crippen LogP contribution >= 0.6 is 11.3 Å². The Kier molecular flexibility index (Phi) is 3.80. The van der Waals surface area contributed by atoms with E-state index in [0.717, 1.165) is 10.4 Å². The third-order valence-electron chi connectivity index (χ3n) is 2.08. The van der Waals surface area contributed by atoms with Gasteiger partial charge in [0, 0.05) is 18.6 Å². The number of carbonyl (C=O) groups is 1. The number of nitrogens with one attached hydrogen (secondary N) is 1. The van der Waals surface area contributed by atoms with E-state index in [9.17, 15) is 4.79 Å². The predicted octanol–water partition coefficient (Wildman–Crippen LogP) is 3.55. The van der Waals surface area contributed by atoms with E-state index in [4.69, 9.17) is 4.74 Å². The zero-order chi connectivity index (χ0) is 13.9. The smallest absolute Gasteiger partial charge is 0.413 e. The van der Waals surface area contributed by atoms with Crippen molar-refractivity contribution < 1.29 is 9.53 Å². The second-order valence-electron chi connectivity index (χ2n) is 4.89. The van der Waals surface area contributed by atoms with Gasteiger partial charge in [0.05, 0.1) is 4.88 Å². The van der Waals surface area contributed by atoms with Crippen LogP contribution in [0.1, 0.15) is 20.8 Å². The minimum Gasteiger partial charge on any atom is -0.444 e. The molecule has 0 saturated heterocycles. The van der Waals surface area contributed by atoms with E-state index in [1.165, 1.54) is 11.3 Å². The van der Waals surface area contributed by atoms with Gasteiger partial charge in [-0.3, -0.25) is 10.3 Å². The number of thiazole rings is 1. The molecule has 0 fully saturated rings. The lowest BCUT2D eigenvalue weighted by atomic mass is 10.2. The van der Waals surface area contributed by atoms with Crippen LogP contribution in [0.5, 0.6) is 0 Å². The molecule has 0 aromatic carbocycles. The first-order valence-corrected chi connectivity index (χ1v) is 6.62. The zero-order valence-corrected chi connectivity index (χ0v) is 11.8. The molecule has 0 aliphatic rings. The summed E-state index contributed by atoms with van der Waals surface area (Å²) in [6, 6.07) is 3.79. The highest BCUT2D eigenvalue weighted by Crippen LogP contribution is 2.28. The van der Waals surface area contributed by atoms with Gasteiger partial charge in [0.15, 0.2) is 5.13 Å². The first-order valence-electron chi connectivity index (χ1n) is 5.80. The topological polar surface area (TPSA) is 64.1 Å². The van der Waals surface area contributed by atoms with Crippen LogP contribution in [-0.4, -0.2) is 21.7 Å². The second kappa shape index (κ2) is 5.36. The molecule has 6 heteroatoms. The highest BCUT2D eigenvalue weighted by Gasteiger charge is 2.17. The Balaban J connectivity index is 2.04. The minimum absolute atomic E-state index is 0.497. The molecular weight excluding hydrogens is 262 g/mol. The van der Waals surface area contributed by atoms with Gasteiger partial charge in [-0.05, 0) is 38.5 Å². The van der Waals surface area contributed by atoms with Crippen molar-refractivity contribution in [3.63, 3.8) is 0 Å². The Bertz CT molecular complexity index is 561. The third kappa shape index (κ3) is 4.03. The molecular formula is C13H15N3O2S. The maximum absolute atomic E-state index is 11.6. The summed E-state index contributed by atoms with van der Waals surface area (Å²) in [6.45, 7) is 5.45. The molecule has 0 unspecified atom stereocenters. The molecule has 2 heterocycles. The predicted molar refractivity (Wildman–Crippen MR) is 75.2 cm³/mol. The maximum atomic E-state index is 11.6. The van der Waals surface area contributed by atoms with Crippen LogP contribution in [0.25, 0.3) is 10.4 Å². The minimum atomic E-state index is -0.519. The summed E-state index contributed by atoms with van der Waals surface area (Å²) in [5.41, 5.74) is 0.500. The van der Waals surface area contributed by atoms with Crippen molar-refractivity contribution in [2.75, 3.05) is 5.32 Å². The van der Waals surface area contributed by atoms with Crippen LogP contribution in [0.15, 0.2) is 30.7 Å². The zero-order valence-electron chi connectivity index (χ0n) is 11.0. The number of rotatable bonds is 2. The molecule has 2 rings (SSSR count). The lowest BCUT2D eigenvalue weighted by Gasteiger charge is -2.18. The van der Waals surface area contributed by atoms with Crippen molar-refractivity contribution in [3.8, 4) is 10.4 Å². The molecule has 2 aromatic rings. The van der Waals surface area contributed by atoms with E-state index in [0.29, 0.717) is 5.13 Å². The van der Waals surface area contributed by atoms with Gasteiger partial charge in [-0.1, -0.05) is 11.3 Å². The normalized spacial score (nSPS) is 11.1. The largest absolute Gasteiger partial charge is 0.444 e. The fourth-order valence-corrected chi connectivity index (χ4v) is 2.18. The number of hydrogen-bond donors (Lipinski definition) is 1. The fourth-order valence-electron chi connectivity index (χ4n) is 1.37. The number of hydrogen-bond acceptors (Lipinski definition) is 5. The molecule has 0 saturated carbocycles. The summed E-state index contributed by atoms with van der Waals surface area (Å²) < 4.78 is 5.16. The lowest BCUT2D eigenvalue weighted by molar-refractivity contribution is 0.0636. The fraction of sp³-hybridized carbons (Fsp3) is 0.308. The number of nitrogens with zero attached hydrogens (tertiary/aromatic N) is 2. The average molecular weight is 277 g/mol. The molecule has 1 N–H and O–H groups in total. The summed E-state index contributed by atoms with van der Waals surface area (Å²) in [5.74, 6) is 0. The van der Waals surface area contributed by atoms with Crippen LogP contribution in [0.3, 0.4) is 0 Å². The molecule has 0 spiro atoms. The van der Waals surface area contributed by atoms with Gasteiger partial charge in [-0.15, -0.1) is 0 Å². The summed E-state index contributed by atoms with van der Waals surface area (Å²) in [7, 11) is 0. The van der Waals surface area contributed by atoms with E-state index < -0.39 is 11.7 Å². The number of carbonyl (C=O) groups excluding carboxylic acids is 1. The summed E-state index contributed by atoms with van der Waals surface area (Å²) >= 11 is 1.39. The average Bonchev–Trinajstić information content (AvgIpc) is 2.76. The monoisotopic (exact) mass is 277 g/mol. The van der Waals surface area contributed by atoms with Gasteiger partial charge < -0.3 is 4.74 Å². The van der Waals surface area contributed by atoms with Crippen LogP contribution in [0.2, 0.25) is 0 Å². The van der Waals surface area contributed by atoms with E-state index in [1.54, 1.807) is 18.6 Å². The molecule has 0 aliphatic carbocycles. The third-order valence-corrected chi connectivity index (χ3v) is 3.04. The van der Waals surface area contributed by atoms with Crippen molar-refractivity contribution in [2.24, 2.45) is 0 Å². The Hall–Kier alpha value is -1.95. The van der Waals surface area contributed by atoms with Crippen molar-refractivity contribution >= 4 is 22.6 Å². The highest BCUT2D eigenvalue weighted by molar-refractivity contribution is 7.19. The standard InChI is InChI=1S/C13H15N3O2S/c1-13(2,3)18-12(17)16-11-15-8-10(19-11)9-4-6-14-7-5-9/h4-8H,1-3H3,(H,15,16,17). The first-order chi connectivity index (χ1) is 8.94. The first kappa shape index (κ1) is 13.5. The summed E-state index contributed by atoms with van der Waals surface area (Å²) in [4.78, 5) is 20.7. The van der Waals surface area contributed by atoms with Gasteiger partial charge in [-0.2, -0.15) is 0 Å². The highest BCUT2D eigenvalue weighted by atomic mass is 32.1. The summed E-state index contributed by atoms with van der Waals surface area (Å²) in [6.07, 6.45) is 4.65. The van der Waals surface area contributed by atoms with Gasteiger partial charge in [0.1, 0.15) is 5.60 Å². The molecule has 100 valence electrons. The molecule has 1 amide bonds. The Morgan fingerprint density at radius 3 is 2.63 bits per heavy atom.